The van der Waals surface area contributed by atoms with Gasteiger partial charge >= 0.3 is 0 Å². The number of pyridine rings is 1. The Morgan fingerprint density at radius 3 is 2.74 bits per heavy atom. The first-order valence-electron chi connectivity index (χ1n) is 5.95. The van der Waals surface area contributed by atoms with Gasteiger partial charge in [0.25, 0.3) is 0 Å². The second-order valence-corrected chi connectivity index (χ2v) is 5.19. The number of methoxy groups -OCH3 is 1. The average molecular weight is 326 g/mol. The third-order valence-electron chi connectivity index (χ3n) is 3.06. The molecule has 0 saturated carbocycles. The van der Waals surface area contributed by atoms with Crippen molar-refractivity contribution in [1.82, 2.24) is 4.98 Å². The minimum absolute atomic E-state index is 0.391. The zero-order valence-corrected chi connectivity index (χ0v) is 12.7. The molecule has 2 aromatic rings. The summed E-state index contributed by atoms with van der Waals surface area (Å²) in [5.41, 5.74) is 2.74. The molecule has 0 radical (unpaired) electrons. The van der Waals surface area contributed by atoms with Crippen LogP contribution in [-0.2, 0) is 6.42 Å². The van der Waals surface area contributed by atoms with Gasteiger partial charge < -0.3 is 14.3 Å². The molecule has 0 bridgehead atoms. The maximum absolute atomic E-state index is 10.1. The van der Waals surface area contributed by atoms with Gasteiger partial charge in [-0.1, -0.05) is 0 Å². The minimum atomic E-state index is -0.718. The Balaban J connectivity index is 2.24. The van der Waals surface area contributed by atoms with Gasteiger partial charge in [0.05, 0.1) is 7.11 Å². The van der Waals surface area contributed by atoms with Crippen LogP contribution in [0.2, 0.25) is 0 Å². The molecule has 0 aliphatic rings. The quantitative estimate of drug-likeness (QED) is 0.936. The van der Waals surface area contributed by atoms with Gasteiger partial charge in [0.1, 0.15) is 17.6 Å². The van der Waals surface area contributed by atoms with E-state index in [9.17, 15) is 5.11 Å². The van der Waals surface area contributed by atoms with Gasteiger partial charge in [-0.2, -0.15) is 0 Å². The van der Waals surface area contributed by atoms with Crippen LogP contribution in [0.5, 0.6) is 5.75 Å². The summed E-state index contributed by atoms with van der Waals surface area (Å²) >= 11 is 3.22. The smallest absolute Gasteiger partial charge is 0.169 e. The Labute approximate surface area is 120 Å². The number of furan rings is 1. The number of nitrogens with zero attached hydrogens (tertiary/aromatic N) is 1. The molecule has 2 rings (SSSR count). The van der Waals surface area contributed by atoms with Crippen LogP contribution in [0.4, 0.5) is 0 Å². The van der Waals surface area contributed by atoms with E-state index < -0.39 is 6.10 Å². The second kappa shape index (κ2) is 5.75. The van der Waals surface area contributed by atoms with E-state index >= 15 is 0 Å². The summed E-state index contributed by atoms with van der Waals surface area (Å²) in [6, 6.07) is 3.50. The molecule has 1 unspecified atom stereocenters. The molecule has 2 heterocycles. The average Bonchev–Trinajstić information content (AvgIpc) is 2.80. The summed E-state index contributed by atoms with van der Waals surface area (Å²) in [5, 5.41) is 10.1. The van der Waals surface area contributed by atoms with E-state index in [1.165, 1.54) is 0 Å². The van der Waals surface area contributed by atoms with Crippen molar-refractivity contribution >= 4 is 15.9 Å². The van der Waals surface area contributed by atoms with Crippen molar-refractivity contribution < 1.29 is 14.3 Å². The van der Waals surface area contributed by atoms with Gasteiger partial charge in [0.2, 0.25) is 0 Å². The largest absolute Gasteiger partial charge is 0.496 e. The Kier molecular flexibility index (Phi) is 4.27. The van der Waals surface area contributed by atoms with Crippen LogP contribution >= 0.6 is 15.9 Å². The number of hydrogen-bond acceptors (Lipinski definition) is 4. The molecule has 1 atom stereocenters. The highest BCUT2D eigenvalue weighted by molar-refractivity contribution is 9.10. The highest BCUT2D eigenvalue weighted by Crippen LogP contribution is 2.28. The Bertz CT molecular complexity index is 580. The van der Waals surface area contributed by atoms with Gasteiger partial charge in [0.15, 0.2) is 4.67 Å². The lowest BCUT2D eigenvalue weighted by atomic mass is 10.0. The number of hydrogen-bond donors (Lipinski definition) is 1. The molecule has 2 aromatic heterocycles. The number of aliphatic hydroxyl groups excluding tert-OH is 1. The van der Waals surface area contributed by atoms with Crippen LogP contribution in [-0.4, -0.2) is 17.2 Å². The molecule has 5 heteroatoms. The molecule has 1 N–H and O–H groups in total. The molecule has 102 valence electrons. The normalized spacial score (nSPS) is 12.5. The predicted molar refractivity (Wildman–Crippen MR) is 75.3 cm³/mol. The van der Waals surface area contributed by atoms with E-state index in [0.717, 1.165) is 22.6 Å². The third-order valence-corrected chi connectivity index (χ3v) is 3.49. The Hall–Kier alpha value is -1.33. The maximum atomic E-state index is 10.1. The van der Waals surface area contributed by atoms with Crippen molar-refractivity contribution in [2.24, 2.45) is 0 Å². The van der Waals surface area contributed by atoms with Crippen LogP contribution < -0.4 is 4.74 Å². The molecular weight excluding hydrogens is 310 g/mol. The van der Waals surface area contributed by atoms with E-state index in [0.29, 0.717) is 16.9 Å². The van der Waals surface area contributed by atoms with E-state index in [-0.39, 0.29) is 0 Å². The van der Waals surface area contributed by atoms with E-state index in [2.05, 4.69) is 20.9 Å². The van der Waals surface area contributed by atoms with Crippen molar-refractivity contribution in [3.05, 3.63) is 45.6 Å². The Morgan fingerprint density at radius 1 is 1.42 bits per heavy atom. The summed E-state index contributed by atoms with van der Waals surface area (Å²) in [5.74, 6) is 1.34. The topological polar surface area (TPSA) is 55.5 Å². The van der Waals surface area contributed by atoms with Crippen LogP contribution in [0.15, 0.2) is 27.4 Å². The molecule has 0 spiro atoms. The summed E-state index contributed by atoms with van der Waals surface area (Å²) in [6.07, 6.45) is 1.43. The zero-order valence-electron chi connectivity index (χ0n) is 11.1. The van der Waals surface area contributed by atoms with Crippen molar-refractivity contribution in [1.29, 1.82) is 0 Å². The standard InChI is InChI=1S/C14H16BrNO3/c1-8-7-16-10(9(2)14(8)18-3)6-11(17)12-4-5-13(15)19-12/h4-5,7,11,17H,6H2,1-3H3. The highest BCUT2D eigenvalue weighted by atomic mass is 79.9. The van der Waals surface area contributed by atoms with Crippen LogP contribution in [0.1, 0.15) is 28.7 Å². The third kappa shape index (κ3) is 2.98. The van der Waals surface area contributed by atoms with Crippen molar-refractivity contribution in [2.75, 3.05) is 7.11 Å². The van der Waals surface area contributed by atoms with Crippen molar-refractivity contribution in [3.8, 4) is 5.75 Å². The number of aliphatic hydroxyl groups is 1. The Morgan fingerprint density at radius 2 is 2.16 bits per heavy atom. The maximum Gasteiger partial charge on any atom is 0.169 e. The lowest BCUT2D eigenvalue weighted by Gasteiger charge is -2.14. The molecule has 4 nitrogen and oxygen atoms in total. The fourth-order valence-electron chi connectivity index (χ4n) is 2.07. The van der Waals surface area contributed by atoms with Crippen LogP contribution in [0, 0.1) is 13.8 Å². The molecule has 0 saturated heterocycles. The van der Waals surface area contributed by atoms with Gasteiger partial charge in [-0.3, -0.25) is 4.98 Å². The molecule has 0 aliphatic carbocycles. The number of ether oxygens (including phenoxy) is 1. The fourth-order valence-corrected chi connectivity index (χ4v) is 2.39. The molecular formula is C14H16BrNO3. The monoisotopic (exact) mass is 325 g/mol. The summed E-state index contributed by atoms with van der Waals surface area (Å²) in [4.78, 5) is 4.37. The lowest BCUT2D eigenvalue weighted by Crippen LogP contribution is -2.06. The number of halogens is 1. The van der Waals surface area contributed by atoms with Gasteiger partial charge in [-0.25, -0.2) is 0 Å². The van der Waals surface area contributed by atoms with Crippen molar-refractivity contribution in [2.45, 2.75) is 26.4 Å². The molecule has 0 aliphatic heterocycles. The predicted octanol–water partition coefficient (Wildman–Crippen LogP) is 3.34. The van der Waals surface area contributed by atoms with Gasteiger partial charge in [-0.15, -0.1) is 0 Å². The lowest BCUT2D eigenvalue weighted by molar-refractivity contribution is 0.147. The van der Waals surface area contributed by atoms with Crippen molar-refractivity contribution in [3.63, 3.8) is 0 Å². The number of aromatic nitrogens is 1. The summed E-state index contributed by atoms with van der Waals surface area (Å²) in [6.45, 7) is 3.89. The first-order valence-corrected chi connectivity index (χ1v) is 6.74. The van der Waals surface area contributed by atoms with Crippen LogP contribution in [0.3, 0.4) is 0 Å². The highest BCUT2D eigenvalue weighted by Gasteiger charge is 2.17. The fraction of sp³-hybridized carbons (Fsp3) is 0.357. The molecule has 0 fully saturated rings. The van der Waals surface area contributed by atoms with Crippen LogP contribution in [0.25, 0.3) is 0 Å². The molecule has 0 aromatic carbocycles. The SMILES string of the molecule is COc1c(C)cnc(CC(O)c2ccc(Br)o2)c1C. The number of rotatable bonds is 4. The first-order chi connectivity index (χ1) is 9.02. The van der Waals surface area contributed by atoms with Gasteiger partial charge in [0, 0.05) is 29.4 Å². The minimum Gasteiger partial charge on any atom is -0.496 e. The second-order valence-electron chi connectivity index (χ2n) is 4.41. The molecule has 0 amide bonds. The molecule has 19 heavy (non-hydrogen) atoms. The summed E-state index contributed by atoms with van der Waals surface area (Å²) < 4.78 is 11.3. The van der Waals surface area contributed by atoms with E-state index in [4.69, 9.17) is 9.15 Å². The zero-order chi connectivity index (χ0) is 14.0. The van der Waals surface area contributed by atoms with E-state index in [1.807, 2.05) is 13.8 Å². The summed E-state index contributed by atoms with van der Waals surface area (Å²) in [7, 11) is 1.64. The van der Waals surface area contributed by atoms with E-state index in [1.54, 1.807) is 25.4 Å². The number of aryl methyl sites for hydroxylation is 1. The first kappa shape index (κ1) is 14.1. The van der Waals surface area contributed by atoms with Gasteiger partial charge in [-0.05, 0) is 41.9 Å².